The van der Waals surface area contributed by atoms with Gasteiger partial charge in [0.1, 0.15) is 0 Å². The van der Waals surface area contributed by atoms with Gasteiger partial charge in [-0.1, -0.05) is 40.9 Å². The summed E-state index contributed by atoms with van der Waals surface area (Å²) in [4.78, 5) is 0. The van der Waals surface area contributed by atoms with Crippen molar-refractivity contribution in [2.45, 2.75) is 5.12 Å². The Hall–Kier alpha value is -0.710. The van der Waals surface area contributed by atoms with Crippen LogP contribution >= 0.6 is 34.8 Å². The molecule has 0 saturated heterocycles. The van der Waals surface area contributed by atoms with Gasteiger partial charge in [-0.25, -0.2) is 0 Å². The fraction of sp³-hybridized carbons (Fsp3) is 0.143. The molecule has 1 aromatic rings. The number of hydrogen-bond acceptors (Lipinski definition) is 4. The predicted molar refractivity (Wildman–Crippen MR) is 53.7 cm³/mol. The van der Waals surface area contributed by atoms with Crippen LogP contribution < -0.4 is 0 Å². The highest BCUT2D eigenvalue weighted by Gasteiger charge is 2.34. The van der Waals surface area contributed by atoms with Crippen molar-refractivity contribution in [2.24, 2.45) is 20.7 Å². The lowest BCUT2D eigenvalue weighted by atomic mass is 10.2. The number of rotatable bonds is 1. The van der Waals surface area contributed by atoms with Crippen LogP contribution in [0.3, 0.4) is 0 Å². The van der Waals surface area contributed by atoms with Crippen LogP contribution in [0, 0.1) is 0 Å². The molecule has 0 aliphatic carbocycles. The van der Waals surface area contributed by atoms with Gasteiger partial charge >= 0.3 is 0 Å². The standard InChI is InChI=1S/C7H3Cl3N4/c8-4-1-2-5(6(9)3-4)7(10)11-13-14-12-7/h1-3H. The van der Waals surface area contributed by atoms with Gasteiger partial charge in [0.2, 0.25) is 0 Å². The molecule has 1 heterocycles. The van der Waals surface area contributed by atoms with Crippen LogP contribution in [-0.4, -0.2) is 0 Å². The Morgan fingerprint density at radius 2 is 1.71 bits per heavy atom. The zero-order valence-corrected chi connectivity index (χ0v) is 8.92. The molecule has 0 fully saturated rings. The van der Waals surface area contributed by atoms with Crippen molar-refractivity contribution in [3.8, 4) is 0 Å². The van der Waals surface area contributed by atoms with Crippen molar-refractivity contribution in [3.05, 3.63) is 33.8 Å². The van der Waals surface area contributed by atoms with Gasteiger partial charge in [-0.05, 0) is 22.6 Å². The van der Waals surface area contributed by atoms with E-state index in [4.69, 9.17) is 34.8 Å². The van der Waals surface area contributed by atoms with E-state index in [-0.39, 0.29) is 0 Å². The van der Waals surface area contributed by atoms with Gasteiger partial charge in [-0.2, -0.15) is 0 Å². The lowest BCUT2D eigenvalue weighted by Gasteiger charge is -2.12. The largest absolute Gasteiger partial charge is 0.294 e. The summed E-state index contributed by atoms with van der Waals surface area (Å²) in [7, 11) is 0. The van der Waals surface area contributed by atoms with Crippen molar-refractivity contribution < 1.29 is 0 Å². The molecule has 1 aliphatic heterocycles. The van der Waals surface area contributed by atoms with Gasteiger partial charge in [0.15, 0.2) is 0 Å². The minimum absolute atomic E-state index is 0.382. The lowest BCUT2D eigenvalue weighted by molar-refractivity contribution is 0.674. The van der Waals surface area contributed by atoms with E-state index in [1.54, 1.807) is 18.2 Å². The van der Waals surface area contributed by atoms with E-state index in [0.717, 1.165) is 0 Å². The molecule has 0 aromatic heterocycles. The van der Waals surface area contributed by atoms with Crippen LogP contribution in [0.5, 0.6) is 0 Å². The predicted octanol–water partition coefficient (Wildman–Crippen LogP) is 4.18. The first-order chi connectivity index (χ1) is 6.62. The molecular weight excluding hydrogens is 246 g/mol. The molecule has 4 nitrogen and oxygen atoms in total. The van der Waals surface area contributed by atoms with E-state index in [9.17, 15) is 0 Å². The maximum atomic E-state index is 6.01. The summed E-state index contributed by atoms with van der Waals surface area (Å²) in [5.41, 5.74) is 0.509. The highest BCUT2D eigenvalue weighted by atomic mass is 35.5. The van der Waals surface area contributed by atoms with Crippen molar-refractivity contribution in [1.29, 1.82) is 0 Å². The van der Waals surface area contributed by atoms with Gasteiger partial charge in [0.05, 0.1) is 5.02 Å². The molecule has 2 rings (SSSR count). The molecular formula is C7H3Cl3N4. The summed E-state index contributed by atoms with van der Waals surface area (Å²) in [6, 6.07) is 4.85. The maximum absolute atomic E-state index is 6.01. The molecule has 0 N–H and O–H groups in total. The number of hydrogen-bond donors (Lipinski definition) is 0. The average molecular weight is 249 g/mol. The number of halogens is 3. The van der Waals surface area contributed by atoms with Gasteiger partial charge in [0, 0.05) is 10.6 Å². The zero-order chi connectivity index (χ0) is 10.2. The van der Waals surface area contributed by atoms with E-state index in [1.165, 1.54) is 0 Å². The summed E-state index contributed by atoms with van der Waals surface area (Å²) in [6.45, 7) is 0. The second kappa shape index (κ2) is 3.46. The zero-order valence-electron chi connectivity index (χ0n) is 6.65. The molecule has 1 aromatic carbocycles. The van der Waals surface area contributed by atoms with E-state index in [0.29, 0.717) is 15.6 Å². The second-order valence-electron chi connectivity index (χ2n) is 2.59. The second-order valence-corrected chi connectivity index (χ2v) is 3.96. The molecule has 7 heteroatoms. The first kappa shape index (κ1) is 9.83. The Labute approximate surface area is 94.6 Å². The van der Waals surface area contributed by atoms with E-state index < -0.39 is 5.12 Å². The Bertz CT molecular complexity index is 417. The first-order valence-corrected chi connectivity index (χ1v) is 4.74. The van der Waals surface area contributed by atoms with Crippen molar-refractivity contribution in [1.82, 2.24) is 0 Å². The van der Waals surface area contributed by atoms with Crippen LogP contribution in [0.2, 0.25) is 10.0 Å². The Morgan fingerprint density at radius 3 is 2.29 bits per heavy atom. The monoisotopic (exact) mass is 248 g/mol. The van der Waals surface area contributed by atoms with Crippen LogP contribution in [0.1, 0.15) is 5.56 Å². The quantitative estimate of drug-likeness (QED) is 0.530. The number of nitrogens with zero attached hydrogens (tertiary/aromatic N) is 4. The molecule has 0 bridgehead atoms. The summed E-state index contributed by atoms with van der Waals surface area (Å²) in [5, 5.41) is 13.6. The number of alkyl halides is 1. The molecule has 0 spiro atoms. The normalized spacial score (nSPS) is 17.6. The Kier molecular flexibility index (Phi) is 2.43. The maximum Gasteiger partial charge on any atom is 0.294 e. The SMILES string of the molecule is Clc1ccc(C2(Cl)N=NN=N2)c(Cl)c1. The highest BCUT2D eigenvalue weighted by molar-refractivity contribution is 6.36. The van der Waals surface area contributed by atoms with E-state index in [2.05, 4.69) is 20.7 Å². The van der Waals surface area contributed by atoms with Crippen molar-refractivity contribution in [3.63, 3.8) is 0 Å². The van der Waals surface area contributed by atoms with Crippen LogP contribution in [0.4, 0.5) is 0 Å². The molecule has 0 saturated carbocycles. The summed E-state index contributed by atoms with van der Waals surface area (Å²) >= 11 is 17.7. The summed E-state index contributed by atoms with van der Waals surface area (Å²) in [5.74, 6) is 0. The van der Waals surface area contributed by atoms with Crippen LogP contribution in [0.15, 0.2) is 38.9 Å². The van der Waals surface area contributed by atoms with Gasteiger partial charge < -0.3 is 0 Å². The van der Waals surface area contributed by atoms with Gasteiger partial charge in [0.25, 0.3) is 5.12 Å². The summed E-state index contributed by atoms with van der Waals surface area (Å²) in [6.07, 6.45) is 0. The minimum Gasteiger partial charge on any atom is -0.112 e. The molecule has 0 atom stereocenters. The third-order valence-electron chi connectivity index (χ3n) is 1.67. The minimum atomic E-state index is -1.33. The molecule has 0 amide bonds. The van der Waals surface area contributed by atoms with Crippen molar-refractivity contribution >= 4 is 34.8 Å². The average Bonchev–Trinajstić information content (AvgIpc) is 2.52. The third kappa shape index (κ3) is 1.61. The topological polar surface area (TPSA) is 49.4 Å². The molecule has 14 heavy (non-hydrogen) atoms. The van der Waals surface area contributed by atoms with E-state index in [1.807, 2.05) is 0 Å². The smallest absolute Gasteiger partial charge is 0.112 e. The summed E-state index contributed by atoms with van der Waals surface area (Å²) < 4.78 is 0. The molecule has 72 valence electrons. The van der Waals surface area contributed by atoms with Crippen LogP contribution in [0.25, 0.3) is 0 Å². The lowest BCUT2D eigenvalue weighted by Crippen LogP contribution is -2.09. The van der Waals surface area contributed by atoms with E-state index >= 15 is 0 Å². The fourth-order valence-corrected chi connectivity index (χ4v) is 1.85. The van der Waals surface area contributed by atoms with Gasteiger partial charge in [-0.15, -0.1) is 10.2 Å². The highest BCUT2D eigenvalue weighted by Crippen LogP contribution is 2.40. The third-order valence-corrected chi connectivity index (χ3v) is 2.57. The van der Waals surface area contributed by atoms with Crippen molar-refractivity contribution in [2.75, 3.05) is 0 Å². The van der Waals surface area contributed by atoms with Crippen LogP contribution in [-0.2, 0) is 5.12 Å². The molecule has 0 unspecified atom stereocenters. The Morgan fingerprint density at radius 1 is 1.07 bits per heavy atom. The first-order valence-electron chi connectivity index (χ1n) is 3.60. The number of benzene rings is 1. The van der Waals surface area contributed by atoms with Gasteiger partial charge in [-0.3, -0.25) is 0 Å². The molecule has 1 aliphatic rings. The molecule has 0 radical (unpaired) electrons. The Balaban J connectivity index is 2.52. The fourth-order valence-electron chi connectivity index (χ4n) is 1.03.